The molecule has 0 amide bonds. The van der Waals surface area contributed by atoms with Gasteiger partial charge in [0.15, 0.2) is 13.6 Å². The van der Waals surface area contributed by atoms with Crippen LogP contribution >= 0.6 is 0 Å². The lowest BCUT2D eigenvalue weighted by Crippen LogP contribution is -2.59. The molecule has 0 N–H and O–H groups in total. The first-order chi connectivity index (χ1) is 18.6. The predicted octanol–water partition coefficient (Wildman–Crippen LogP) is 9.89. The van der Waals surface area contributed by atoms with Gasteiger partial charge in [-0.15, -0.1) is 0 Å². The number of nitrogens with zero attached hydrogens (tertiary/aromatic N) is 2. The average molecular weight is 527 g/mol. The molecule has 2 aromatic carbocycles. The second-order valence-electron chi connectivity index (χ2n) is 13.0. The zero-order chi connectivity index (χ0) is 28.3. The van der Waals surface area contributed by atoms with E-state index in [0.29, 0.717) is 23.7 Å². The largest absolute Gasteiger partial charge is 0.343 e. The summed E-state index contributed by atoms with van der Waals surface area (Å²) in [5.74, 6) is 0.288. The molecule has 1 aliphatic heterocycles. The zero-order valence-corrected chi connectivity index (χ0v) is 25.8. The number of anilines is 2. The van der Waals surface area contributed by atoms with E-state index in [-0.39, 0.29) is 6.10 Å². The second kappa shape index (κ2) is 12.5. The quantitative estimate of drug-likeness (QED) is 0.318. The molecule has 1 aliphatic carbocycles. The Balaban J connectivity index is 1.92. The van der Waals surface area contributed by atoms with E-state index >= 15 is 0 Å². The molecule has 2 aromatic rings. The third-order valence-corrected chi connectivity index (χ3v) is 8.61. The monoisotopic (exact) mass is 526 g/mol. The highest BCUT2D eigenvalue weighted by Crippen LogP contribution is 2.47. The van der Waals surface area contributed by atoms with Crippen molar-refractivity contribution in [2.45, 2.75) is 136 Å². The van der Waals surface area contributed by atoms with Crippen molar-refractivity contribution in [1.82, 2.24) is 0 Å². The van der Waals surface area contributed by atoms with Gasteiger partial charge in [-0.2, -0.15) is 0 Å². The smallest absolute Gasteiger partial charge is 0.178 e. The van der Waals surface area contributed by atoms with Crippen LogP contribution in [0.5, 0.6) is 0 Å². The van der Waals surface area contributed by atoms with Crippen LogP contribution in [0.3, 0.4) is 0 Å². The number of para-hydroxylation sites is 2. The molecule has 0 saturated heterocycles. The fourth-order valence-corrected chi connectivity index (χ4v) is 6.41. The summed E-state index contributed by atoms with van der Waals surface area (Å²) in [5.41, 5.74) is 7.63. The van der Waals surface area contributed by atoms with Gasteiger partial charge in [0.2, 0.25) is 0 Å². The van der Waals surface area contributed by atoms with Crippen molar-refractivity contribution in [2.24, 2.45) is 0 Å². The Morgan fingerprint density at radius 3 is 1.28 bits per heavy atom. The van der Waals surface area contributed by atoms with Crippen molar-refractivity contribution < 1.29 is 4.74 Å². The lowest BCUT2D eigenvalue weighted by molar-refractivity contribution is -0.0421. The first-order valence-corrected chi connectivity index (χ1v) is 15.6. The van der Waals surface area contributed by atoms with E-state index in [0.717, 1.165) is 12.8 Å². The van der Waals surface area contributed by atoms with Crippen molar-refractivity contribution in [3.63, 3.8) is 0 Å². The maximum atomic E-state index is 7.68. The summed E-state index contributed by atoms with van der Waals surface area (Å²) < 4.78 is 7.22. The standard InChI is InChI=1S/C35H51BN2O/c1-24(2)29-18-14-19-30(25(3)4)33(29)37-22-23-38(34-31(26(5)6)20-15-21-32(34)27(7)8)35(37,36)39-28-16-12-10-9-11-13-17-28/h14-15,18-28H,9-13,16-17H2,1-8H3. The van der Waals surface area contributed by atoms with Crippen LogP contribution in [0.15, 0.2) is 48.8 Å². The molecule has 2 aliphatic rings. The van der Waals surface area contributed by atoms with E-state index in [4.69, 9.17) is 12.6 Å². The molecule has 1 heterocycles. The van der Waals surface area contributed by atoms with E-state index in [9.17, 15) is 0 Å². The minimum absolute atomic E-state index is 0.127. The highest BCUT2D eigenvalue weighted by molar-refractivity contribution is 6.19. The molecule has 3 nitrogen and oxygen atoms in total. The summed E-state index contributed by atoms with van der Waals surface area (Å²) in [6, 6.07) is 13.5. The first-order valence-electron chi connectivity index (χ1n) is 15.6. The highest BCUT2D eigenvalue weighted by Gasteiger charge is 2.46. The van der Waals surface area contributed by atoms with Gasteiger partial charge >= 0.3 is 0 Å². The maximum absolute atomic E-state index is 7.68. The van der Waals surface area contributed by atoms with Crippen LogP contribution in [0.25, 0.3) is 0 Å². The van der Waals surface area contributed by atoms with Crippen molar-refractivity contribution in [1.29, 1.82) is 0 Å². The van der Waals surface area contributed by atoms with Gasteiger partial charge in [-0.25, -0.2) is 0 Å². The van der Waals surface area contributed by atoms with Crippen LogP contribution in [0.1, 0.15) is 146 Å². The summed E-state index contributed by atoms with van der Waals surface area (Å²) in [5, 5.41) is 0. The molecule has 0 unspecified atom stereocenters. The summed E-state index contributed by atoms with van der Waals surface area (Å²) in [4.78, 5) is 4.52. The Hall–Kier alpha value is -2.20. The van der Waals surface area contributed by atoms with Gasteiger partial charge in [0.25, 0.3) is 0 Å². The van der Waals surface area contributed by atoms with Crippen molar-refractivity contribution >= 4 is 19.2 Å². The van der Waals surface area contributed by atoms with Gasteiger partial charge in [-0.3, -0.25) is 0 Å². The molecule has 2 radical (unpaired) electrons. The van der Waals surface area contributed by atoms with Crippen LogP contribution in [0.4, 0.5) is 11.4 Å². The average Bonchev–Trinajstić information content (AvgIpc) is 3.20. The number of hydrogen-bond acceptors (Lipinski definition) is 3. The molecule has 1 fully saturated rings. The van der Waals surface area contributed by atoms with Crippen molar-refractivity contribution in [3.05, 3.63) is 71.1 Å². The second-order valence-corrected chi connectivity index (χ2v) is 13.0. The van der Waals surface area contributed by atoms with E-state index in [1.165, 1.54) is 65.7 Å². The molecule has 0 atom stereocenters. The fraction of sp³-hybridized carbons (Fsp3) is 0.600. The molecule has 0 spiro atoms. The summed E-state index contributed by atoms with van der Waals surface area (Å²) >= 11 is 0. The molecular weight excluding hydrogens is 475 g/mol. The van der Waals surface area contributed by atoms with Gasteiger partial charge < -0.3 is 14.5 Å². The molecular formula is C35H51BN2O. The number of ether oxygens (including phenoxy) is 1. The summed E-state index contributed by atoms with van der Waals surface area (Å²) in [7, 11) is 7.68. The normalized spacial score (nSPS) is 18.6. The van der Waals surface area contributed by atoms with Crippen LogP contribution in [-0.4, -0.2) is 19.7 Å². The minimum atomic E-state index is -1.16. The number of hydrogen-bond donors (Lipinski definition) is 0. The van der Waals surface area contributed by atoms with Gasteiger partial charge in [0, 0.05) is 12.4 Å². The Labute approximate surface area is 240 Å². The SMILES string of the molecule is [B]C1(OC2CCCCCCC2)N(c2c(C(C)C)cccc2C(C)C)C=CN1c1c(C(C)C)cccc1C(C)C. The third-order valence-electron chi connectivity index (χ3n) is 8.61. The lowest BCUT2D eigenvalue weighted by Gasteiger charge is -2.48. The van der Waals surface area contributed by atoms with Gasteiger partial charge in [0.1, 0.15) is 0 Å². The highest BCUT2D eigenvalue weighted by atomic mass is 16.5. The van der Waals surface area contributed by atoms with E-state index in [2.05, 4.69) is 114 Å². The topological polar surface area (TPSA) is 15.7 Å². The van der Waals surface area contributed by atoms with E-state index in [1.54, 1.807) is 0 Å². The number of benzene rings is 2. The molecule has 4 heteroatoms. The van der Waals surface area contributed by atoms with Crippen molar-refractivity contribution in [3.8, 4) is 0 Å². The Bertz CT molecular complexity index is 1000. The molecule has 1 saturated carbocycles. The maximum Gasteiger partial charge on any atom is 0.178 e. The molecule has 0 bridgehead atoms. The van der Waals surface area contributed by atoms with Crippen LogP contribution in [-0.2, 0) is 4.74 Å². The lowest BCUT2D eigenvalue weighted by atomic mass is 9.86. The Morgan fingerprint density at radius 2 is 0.949 bits per heavy atom. The molecule has 39 heavy (non-hydrogen) atoms. The predicted molar refractivity (Wildman–Crippen MR) is 169 cm³/mol. The molecule has 0 aromatic heterocycles. The van der Waals surface area contributed by atoms with Gasteiger partial charge in [-0.1, -0.05) is 124 Å². The summed E-state index contributed by atoms with van der Waals surface area (Å²) in [6.07, 6.45) is 12.9. The van der Waals surface area contributed by atoms with Crippen molar-refractivity contribution in [2.75, 3.05) is 9.80 Å². The summed E-state index contributed by atoms with van der Waals surface area (Å²) in [6.45, 7) is 18.2. The van der Waals surface area contributed by atoms with Crippen LogP contribution in [0, 0.1) is 0 Å². The molecule has 4 rings (SSSR count). The third kappa shape index (κ3) is 6.11. The first kappa shape index (κ1) is 29.8. The van der Waals surface area contributed by atoms with Crippen LogP contribution < -0.4 is 9.80 Å². The van der Waals surface area contributed by atoms with E-state index < -0.39 is 5.75 Å². The fourth-order valence-electron chi connectivity index (χ4n) is 6.41. The molecule has 210 valence electrons. The Kier molecular flexibility index (Phi) is 9.58. The van der Waals surface area contributed by atoms with E-state index in [1.807, 2.05) is 0 Å². The van der Waals surface area contributed by atoms with Crippen LogP contribution in [0.2, 0.25) is 0 Å². The Morgan fingerprint density at radius 1 is 0.615 bits per heavy atom. The van der Waals surface area contributed by atoms with Gasteiger partial charge in [-0.05, 0) is 58.8 Å². The minimum Gasteiger partial charge on any atom is -0.343 e. The van der Waals surface area contributed by atoms with Gasteiger partial charge in [0.05, 0.1) is 17.5 Å². The number of rotatable bonds is 8. The zero-order valence-electron chi connectivity index (χ0n) is 25.8.